The van der Waals surface area contributed by atoms with Crippen molar-refractivity contribution in [3.63, 3.8) is 0 Å². The van der Waals surface area contributed by atoms with Gasteiger partial charge in [0.05, 0.1) is 5.69 Å². The lowest BCUT2D eigenvalue weighted by atomic mass is 9.76. The molecule has 0 spiro atoms. The number of aromatic nitrogens is 3. The highest BCUT2D eigenvalue weighted by atomic mass is 16.1. The summed E-state index contributed by atoms with van der Waals surface area (Å²) < 4.78 is 0. The number of nitrogens with one attached hydrogen (secondary N) is 2. The summed E-state index contributed by atoms with van der Waals surface area (Å²) >= 11 is 0. The maximum Gasteiger partial charge on any atom is 0.121 e. The topological polar surface area (TPSA) is 68.0 Å². The molecule has 35 heavy (non-hydrogen) atoms. The highest BCUT2D eigenvalue weighted by Gasteiger charge is 2.29. The molecule has 1 aliphatic rings. The number of carbonyl (C=O) groups is 1. The van der Waals surface area contributed by atoms with Crippen molar-refractivity contribution in [1.29, 1.82) is 0 Å². The van der Waals surface area contributed by atoms with E-state index in [0.717, 1.165) is 43.4 Å². The zero-order chi connectivity index (χ0) is 24.9. The number of hydrogen-bond donors (Lipinski definition) is 2. The van der Waals surface area contributed by atoms with Crippen molar-refractivity contribution >= 4 is 22.9 Å². The molecular formula is C29H45N5O. The van der Waals surface area contributed by atoms with Gasteiger partial charge < -0.3 is 19.6 Å². The number of aldehydes is 1. The Balaban J connectivity index is 0.000000310. The monoisotopic (exact) mass is 479 g/mol. The average molecular weight is 480 g/mol. The van der Waals surface area contributed by atoms with Gasteiger partial charge in [0.15, 0.2) is 0 Å². The number of benzene rings is 1. The summed E-state index contributed by atoms with van der Waals surface area (Å²) in [5, 5.41) is 9.13. The average Bonchev–Trinajstić information content (AvgIpc) is 3.38. The molecular weight excluding hydrogens is 434 g/mol. The van der Waals surface area contributed by atoms with E-state index in [1.165, 1.54) is 34.3 Å². The van der Waals surface area contributed by atoms with Gasteiger partial charge in [-0.3, -0.25) is 5.10 Å². The Kier molecular flexibility index (Phi) is 9.90. The first-order chi connectivity index (χ1) is 16.1. The number of rotatable bonds is 8. The van der Waals surface area contributed by atoms with E-state index < -0.39 is 0 Å². The van der Waals surface area contributed by atoms with Crippen LogP contribution in [0, 0.1) is 5.41 Å². The molecule has 0 bridgehead atoms. The Morgan fingerprint density at radius 2 is 1.94 bits per heavy atom. The lowest BCUT2D eigenvalue weighted by Gasteiger charge is -2.28. The van der Waals surface area contributed by atoms with Crippen molar-refractivity contribution in [3.8, 4) is 11.4 Å². The summed E-state index contributed by atoms with van der Waals surface area (Å²) in [7, 11) is 8.13. The minimum atomic E-state index is 0. The predicted molar refractivity (Wildman–Crippen MR) is 150 cm³/mol. The number of hydrogen-bond acceptors (Lipinski definition) is 4. The molecule has 3 aromatic rings. The molecule has 1 atom stereocenters. The minimum absolute atomic E-state index is 0. The number of fused-ring (bicyclic) bond motifs is 2. The van der Waals surface area contributed by atoms with Crippen LogP contribution >= 0.6 is 0 Å². The number of anilines is 1. The van der Waals surface area contributed by atoms with E-state index in [0.29, 0.717) is 17.9 Å². The second-order valence-corrected chi connectivity index (χ2v) is 10.6. The zero-order valence-corrected chi connectivity index (χ0v) is 21.7. The van der Waals surface area contributed by atoms with Gasteiger partial charge in [-0.25, -0.2) is 0 Å². The van der Waals surface area contributed by atoms with Crippen molar-refractivity contribution in [2.45, 2.75) is 65.8 Å². The molecule has 0 saturated carbocycles. The highest BCUT2D eigenvalue weighted by molar-refractivity contribution is 5.88. The van der Waals surface area contributed by atoms with E-state index in [1.54, 1.807) is 0 Å². The zero-order valence-electron chi connectivity index (χ0n) is 21.7. The Morgan fingerprint density at radius 1 is 1.20 bits per heavy atom. The fraction of sp³-hybridized carbons (Fsp3) is 0.517. The van der Waals surface area contributed by atoms with Gasteiger partial charge in [0.2, 0.25) is 0 Å². The Hall–Kier alpha value is -2.86. The Morgan fingerprint density at radius 3 is 2.57 bits per heavy atom. The maximum absolute atomic E-state index is 10.2. The fourth-order valence-corrected chi connectivity index (χ4v) is 4.60. The molecule has 1 aromatic carbocycles. The number of H-pyrrole nitrogens is 2. The summed E-state index contributed by atoms with van der Waals surface area (Å²) in [4.78, 5) is 18.0. The molecule has 1 aliphatic carbocycles. The summed E-state index contributed by atoms with van der Waals surface area (Å²) in [6.45, 7) is 8.32. The summed E-state index contributed by atoms with van der Waals surface area (Å²) in [5.41, 5.74) is 7.66. The van der Waals surface area contributed by atoms with Crippen molar-refractivity contribution in [2.24, 2.45) is 5.41 Å². The largest absolute Gasteiger partial charge is 0.378 e. The lowest BCUT2D eigenvalue weighted by molar-refractivity contribution is -0.108. The third kappa shape index (κ3) is 7.07. The predicted octanol–water partition coefficient (Wildman–Crippen LogP) is 6.25. The van der Waals surface area contributed by atoms with Gasteiger partial charge >= 0.3 is 0 Å². The molecule has 6 nitrogen and oxygen atoms in total. The Bertz CT molecular complexity index is 1110. The molecule has 0 amide bonds. The summed E-state index contributed by atoms with van der Waals surface area (Å²) in [6, 6.07) is 9.12. The standard InChI is InChI=1S/C19H24N4.C9H17NO.CH4/c1-19(2)8-7-14-17(11-19)21-22-18(14)16-9-12-5-6-13(23(3)4)10-15(12)20-16;1-4-5-6-9(7-8-11)10(2)3;/h5-6,9-10,20H,7-8,11H2,1-4H3,(H,21,22);4,8-9H,1,5-7H2,2-3H3;1H4. The molecule has 2 N–H and O–H groups in total. The van der Waals surface area contributed by atoms with E-state index in [9.17, 15) is 4.79 Å². The summed E-state index contributed by atoms with van der Waals surface area (Å²) in [5.74, 6) is 0. The first-order valence-corrected chi connectivity index (χ1v) is 12.2. The molecule has 0 saturated heterocycles. The van der Waals surface area contributed by atoms with Crippen LogP contribution in [0.25, 0.3) is 22.3 Å². The van der Waals surface area contributed by atoms with Crippen LogP contribution in [-0.4, -0.2) is 60.6 Å². The van der Waals surface area contributed by atoms with E-state index in [1.807, 2.05) is 20.2 Å². The maximum atomic E-state index is 10.2. The summed E-state index contributed by atoms with van der Waals surface area (Å²) in [6.07, 6.45) is 8.91. The molecule has 0 aliphatic heterocycles. The van der Waals surface area contributed by atoms with Crippen molar-refractivity contribution in [3.05, 3.63) is 48.2 Å². The third-order valence-electron chi connectivity index (χ3n) is 6.84. The smallest absolute Gasteiger partial charge is 0.121 e. The van der Waals surface area contributed by atoms with E-state index in [-0.39, 0.29) is 7.43 Å². The number of allylic oxidation sites excluding steroid dienone is 1. The van der Waals surface area contributed by atoms with Crippen LogP contribution in [0.1, 0.15) is 58.2 Å². The third-order valence-corrected chi connectivity index (χ3v) is 6.84. The van der Waals surface area contributed by atoms with Gasteiger partial charge in [-0.15, -0.1) is 6.58 Å². The minimum Gasteiger partial charge on any atom is -0.378 e. The van der Waals surface area contributed by atoms with E-state index >= 15 is 0 Å². The molecule has 0 fully saturated rings. The van der Waals surface area contributed by atoms with Crippen LogP contribution in [0.4, 0.5) is 5.69 Å². The quantitative estimate of drug-likeness (QED) is 0.296. The SMILES string of the molecule is C.C=CCCC(CC=O)N(C)C.CN(C)c1ccc2cc(-c3n[nH]c4c3CCC(C)(C)C4)[nH]c2c1. The van der Waals surface area contributed by atoms with E-state index in [2.05, 4.69) is 83.8 Å². The molecule has 192 valence electrons. The number of aromatic amines is 2. The van der Waals surface area contributed by atoms with Gasteiger partial charge in [0.1, 0.15) is 12.0 Å². The molecule has 4 rings (SSSR count). The molecule has 2 aromatic heterocycles. The normalized spacial score (nSPS) is 14.9. The lowest BCUT2D eigenvalue weighted by Crippen LogP contribution is -2.27. The van der Waals surface area contributed by atoms with Crippen LogP contribution in [0.5, 0.6) is 0 Å². The highest BCUT2D eigenvalue weighted by Crippen LogP contribution is 2.38. The van der Waals surface area contributed by atoms with Gasteiger partial charge in [-0.2, -0.15) is 5.10 Å². The van der Waals surface area contributed by atoms with Crippen molar-refractivity contribution in [1.82, 2.24) is 20.1 Å². The fourth-order valence-electron chi connectivity index (χ4n) is 4.60. The van der Waals surface area contributed by atoms with Gasteiger partial charge in [-0.1, -0.05) is 33.4 Å². The molecule has 2 heterocycles. The first kappa shape index (κ1) is 28.4. The van der Waals surface area contributed by atoms with Crippen LogP contribution in [0.15, 0.2) is 36.9 Å². The number of nitrogens with zero attached hydrogens (tertiary/aromatic N) is 3. The van der Waals surface area contributed by atoms with Crippen LogP contribution in [0.3, 0.4) is 0 Å². The molecule has 1 unspecified atom stereocenters. The van der Waals surface area contributed by atoms with Gasteiger partial charge in [0, 0.05) is 54.4 Å². The molecule has 6 heteroatoms. The van der Waals surface area contributed by atoms with Crippen molar-refractivity contribution in [2.75, 3.05) is 33.1 Å². The van der Waals surface area contributed by atoms with Crippen LogP contribution in [0.2, 0.25) is 0 Å². The van der Waals surface area contributed by atoms with Gasteiger partial charge in [-0.05, 0) is 69.8 Å². The second kappa shape index (κ2) is 12.2. The van der Waals surface area contributed by atoms with Gasteiger partial charge in [0.25, 0.3) is 0 Å². The number of carbonyl (C=O) groups excluding carboxylic acids is 1. The van der Waals surface area contributed by atoms with Crippen LogP contribution in [-0.2, 0) is 17.6 Å². The Labute approximate surface area is 211 Å². The van der Waals surface area contributed by atoms with Crippen molar-refractivity contribution < 1.29 is 4.79 Å². The molecule has 0 radical (unpaired) electrons. The van der Waals surface area contributed by atoms with E-state index in [4.69, 9.17) is 0 Å². The van der Waals surface area contributed by atoms with Crippen LogP contribution < -0.4 is 4.90 Å². The first-order valence-electron chi connectivity index (χ1n) is 12.2. The second-order valence-electron chi connectivity index (χ2n) is 10.6.